The molecular weight excluding hydrogens is 309 g/mol. The van der Waals surface area contributed by atoms with Crippen molar-refractivity contribution in [3.8, 4) is 0 Å². The fraction of sp³-hybridized carbons (Fsp3) is 0.400. The van der Waals surface area contributed by atoms with Crippen molar-refractivity contribution in [2.75, 3.05) is 19.7 Å². The van der Waals surface area contributed by atoms with Gasteiger partial charge in [0.25, 0.3) is 6.43 Å². The first-order valence-electron chi connectivity index (χ1n) is 5.24. The fourth-order valence-corrected chi connectivity index (χ4v) is 2.89. The Hall–Kier alpha value is -1.26. The molecule has 0 amide bonds. The molecule has 1 N–H and O–H groups in total. The lowest BCUT2D eigenvalue weighted by molar-refractivity contribution is 0.113. The molecule has 0 unspecified atom stereocenters. The lowest BCUT2D eigenvalue weighted by atomic mass is 10.3. The van der Waals surface area contributed by atoms with Gasteiger partial charge in [-0.05, 0) is 12.1 Å². The molecule has 4 nitrogen and oxygen atoms in total. The summed E-state index contributed by atoms with van der Waals surface area (Å²) in [5.74, 6) is -5.63. The highest BCUT2D eigenvalue weighted by molar-refractivity contribution is 7.89. The van der Waals surface area contributed by atoms with Crippen LogP contribution < -0.4 is 0 Å². The minimum atomic E-state index is -4.82. The summed E-state index contributed by atoms with van der Waals surface area (Å²) < 4.78 is 87.6. The molecule has 0 atom stereocenters. The maximum Gasteiger partial charge on any atom is 0.252 e. The van der Waals surface area contributed by atoms with Crippen LogP contribution in [0.2, 0.25) is 0 Å². The second kappa shape index (κ2) is 6.46. The van der Waals surface area contributed by atoms with Crippen molar-refractivity contribution in [3.63, 3.8) is 0 Å². The number of hydrogen-bond acceptors (Lipinski definition) is 3. The number of aliphatic hydroxyl groups is 1. The molecule has 114 valence electrons. The third-order valence-corrected chi connectivity index (χ3v) is 4.19. The highest BCUT2D eigenvalue weighted by Crippen LogP contribution is 2.23. The topological polar surface area (TPSA) is 57.6 Å². The molecule has 0 saturated heterocycles. The van der Waals surface area contributed by atoms with Gasteiger partial charge in [-0.25, -0.2) is 30.4 Å². The summed E-state index contributed by atoms with van der Waals surface area (Å²) in [6.45, 7) is -2.83. The Labute approximate surface area is 111 Å². The Morgan fingerprint density at radius 3 is 2.25 bits per heavy atom. The molecule has 0 heterocycles. The zero-order valence-electron chi connectivity index (χ0n) is 9.86. The van der Waals surface area contributed by atoms with Crippen LogP contribution in [-0.4, -0.2) is 44.0 Å². The molecule has 0 radical (unpaired) electrons. The predicted molar refractivity (Wildman–Crippen MR) is 58.2 cm³/mol. The van der Waals surface area contributed by atoms with E-state index in [1.54, 1.807) is 0 Å². The molecule has 0 aliphatic rings. The van der Waals surface area contributed by atoms with Gasteiger partial charge >= 0.3 is 0 Å². The fourth-order valence-electron chi connectivity index (χ4n) is 1.42. The van der Waals surface area contributed by atoms with Gasteiger partial charge in [0, 0.05) is 6.54 Å². The first-order valence-corrected chi connectivity index (χ1v) is 6.68. The van der Waals surface area contributed by atoms with E-state index in [1.165, 1.54) is 0 Å². The molecule has 0 aromatic heterocycles. The summed E-state index contributed by atoms with van der Waals surface area (Å²) in [7, 11) is -4.82. The number of halogens is 5. The van der Waals surface area contributed by atoms with Crippen LogP contribution in [0.4, 0.5) is 22.0 Å². The van der Waals surface area contributed by atoms with Gasteiger partial charge < -0.3 is 5.11 Å². The van der Waals surface area contributed by atoms with Crippen LogP contribution in [0.3, 0.4) is 0 Å². The van der Waals surface area contributed by atoms with Gasteiger partial charge in [0.05, 0.1) is 13.2 Å². The standard InChI is InChI=1S/C10H10F5NO3S/c11-6-1-2-7(10(15)9(6)14)20(18,19)16(3-4-17)5-8(12)13/h1-2,8,17H,3-5H2. The number of aliphatic hydroxyl groups excluding tert-OH is 1. The monoisotopic (exact) mass is 319 g/mol. The van der Waals surface area contributed by atoms with E-state index in [0.717, 1.165) is 0 Å². The van der Waals surface area contributed by atoms with Crippen LogP contribution >= 0.6 is 0 Å². The molecule has 0 bridgehead atoms. The summed E-state index contributed by atoms with van der Waals surface area (Å²) in [4.78, 5) is -1.27. The lowest BCUT2D eigenvalue weighted by Crippen LogP contribution is -2.37. The van der Waals surface area contributed by atoms with Crippen molar-refractivity contribution in [2.24, 2.45) is 0 Å². The van der Waals surface area contributed by atoms with Crippen molar-refractivity contribution in [3.05, 3.63) is 29.6 Å². The molecule has 1 rings (SSSR count). The van der Waals surface area contributed by atoms with Crippen LogP contribution in [0.15, 0.2) is 17.0 Å². The molecule has 0 spiro atoms. The maximum atomic E-state index is 13.4. The van der Waals surface area contributed by atoms with Gasteiger partial charge in [-0.2, -0.15) is 4.31 Å². The number of nitrogens with zero attached hydrogens (tertiary/aromatic N) is 1. The highest BCUT2D eigenvalue weighted by Gasteiger charge is 2.31. The van der Waals surface area contributed by atoms with E-state index in [-0.39, 0.29) is 4.31 Å². The quantitative estimate of drug-likeness (QED) is 0.636. The van der Waals surface area contributed by atoms with E-state index in [2.05, 4.69) is 0 Å². The van der Waals surface area contributed by atoms with Crippen LogP contribution in [0.1, 0.15) is 0 Å². The van der Waals surface area contributed by atoms with Gasteiger partial charge in [-0.15, -0.1) is 0 Å². The molecule has 10 heteroatoms. The Morgan fingerprint density at radius 1 is 1.15 bits per heavy atom. The van der Waals surface area contributed by atoms with Crippen molar-refractivity contribution < 1.29 is 35.5 Å². The number of sulfonamides is 1. The Kier molecular flexibility index (Phi) is 5.42. The molecule has 0 aliphatic carbocycles. The maximum absolute atomic E-state index is 13.4. The molecule has 1 aromatic carbocycles. The van der Waals surface area contributed by atoms with Crippen LogP contribution in [0, 0.1) is 17.5 Å². The Bertz CT molecular complexity index is 579. The average Bonchev–Trinajstić information content (AvgIpc) is 2.34. The smallest absolute Gasteiger partial charge is 0.252 e. The molecule has 0 fully saturated rings. The van der Waals surface area contributed by atoms with Crippen LogP contribution in [0.5, 0.6) is 0 Å². The normalized spacial score (nSPS) is 12.4. The van der Waals surface area contributed by atoms with Crippen molar-refractivity contribution >= 4 is 10.0 Å². The summed E-state index contributed by atoms with van der Waals surface area (Å²) in [6, 6.07) is 0.795. The lowest BCUT2D eigenvalue weighted by Gasteiger charge is -2.21. The van der Waals surface area contributed by atoms with Gasteiger partial charge in [0.1, 0.15) is 4.90 Å². The van der Waals surface area contributed by atoms with E-state index in [4.69, 9.17) is 5.11 Å². The molecular formula is C10H10F5NO3S. The minimum absolute atomic E-state index is 0.0907. The van der Waals surface area contributed by atoms with Gasteiger partial charge in [0.15, 0.2) is 17.5 Å². The van der Waals surface area contributed by atoms with E-state index in [0.29, 0.717) is 12.1 Å². The van der Waals surface area contributed by atoms with Crippen LogP contribution in [-0.2, 0) is 10.0 Å². The average molecular weight is 319 g/mol. The molecule has 1 aromatic rings. The largest absolute Gasteiger partial charge is 0.395 e. The SMILES string of the molecule is O=S(=O)(c1ccc(F)c(F)c1F)N(CCO)CC(F)F. The first-order chi connectivity index (χ1) is 9.21. The molecule has 0 saturated carbocycles. The zero-order chi connectivity index (χ0) is 15.5. The van der Waals surface area contributed by atoms with Gasteiger partial charge in [-0.1, -0.05) is 0 Å². The van der Waals surface area contributed by atoms with E-state index < -0.39 is 58.5 Å². The van der Waals surface area contributed by atoms with Gasteiger partial charge in [-0.3, -0.25) is 0 Å². The summed E-state index contributed by atoms with van der Waals surface area (Å²) in [5.41, 5.74) is 0. The van der Waals surface area contributed by atoms with Crippen molar-refractivity contribution in [1.29, 1.82) is 0 Å². The second-order valence-electron chi connectivity index (χ2n) is 3.65. The van der Waals surface area contributed by atoms with Crippen LogP contribution in [0.25, 0.3) is 0 Å². The summed E-state index contributed by atoms with van der Waals surface area (Å²) in [6.07, 6.45) is -3.08. The first kappa shape index (κ1) is 16.8. The zero-order valence-corrected chi connectivity index (χ0v) is 10.7. The Balaban J connectivity index is 3.30. The van der Waals surface area contributed by atoms with Crippen molar-refractivity contribution in [1.82, 2.24) is 4.31 Å². The van der Waals surface area contributed by atoms with E-state index in [9.17, 15) is 30.4 Å². The second-order valence-corrected chi connectivity index (χ2v) is 5.56. The molecule has 20 heavy (non-hydrogen) atoms. The minimum Gasteiger partial charge on any atom is -0.395 e. The third-order valence-electron chi connectivity index (χ3n) is 2.31. The van der Waals surface area contributed by atoms with E-state index >= 15 is 0 Å². The van der Waals surface area contributed by atoms with Crippen molar-refractivity contribution in [2.45, 2.75) is 11.3 Å². The molecule has 0 aliphatic heterocycles. The third kappa shape index (κ3) is 3.44. The number of alkyl halides is 2. The number of benzene rings is 1. The summed E-state index contributed by atoms with van der Waals surface area (Å²) >= 11 is 0. The predicted octanol–water partition coefficient (Wildman–Crippen LogP) is 1.35. The van der Waals surface area contributed by atoms with E-state index in [1.807, 2.05) is 0 Å². The highest BCUT2D eigenvalue weighted by atomic mass is 32.2. The summed E-state index contributed by atoms with van der Waals surface area (Å²) in [5, 5.41) is 8.65. The number of rotatable bonds is 6. The van der Waals surface area contributed by atoms with Gasteiger partial charge in [0.2, 0.25) is 10.0 Å². The Morgan fingerprint density at radius 2 is 1.75 bits per heavy atom. The number of hydrogen-bond donors (Lipinski definition) is 1.